The highest BCUT2D eigenvalue weighted by atomic mass is 79.9. The Bertz CT molecular complexity index is 587. The van der Waals surface area contributed by atoms with Crippen molar-refractivity contribution in [1.82, 2.24) is 10.2 Å². The van der Waals surface area contributed by atoms with Gasteiger partial charge in [0.2, 0.25) is 0 Å². The van der Waals surface area contributed by atoms with Crippen molar-refractivity contribution >= 4 is 21.7 Å². The first-order chi connectivity index (χ1) is 8.65. The topological polar surface area (TPSA) is 40.7 Å². The molecule has 2 aromatic rings. The predicted molar refractivity (Wildman–Crippen MR) is 77.9 cm³/mol. The summed E-state index contributed by atoms with van der Waals surface area (Å²) in [6.07, 6.45) is 0.959. The first-order valence-electron chi connectivity index (χ1n) is 6.25. The van der Waals surface area contributed by atoms with E-state index in [-0.39, 0.29) is 0 Å². The van der Waals surface area contributed by atoms with E-state index < -0.39 is 0 Å². The number of benzene rings is 1. The van der Waals surface area contributed by atoms with E-state index in [0.29, 0.717) is 5.92 Å². The summed E-state index contributed by atoms with van der Waals surface area (Å²) in [7, 11) is 0. The number of halogens is 1. The van der Waals surface area contributed by atoms with Crippen LogP contribution in [0.2, 0.25) is 0 Å². The van der Waals surface area contributed by atoms with Crippen LogP contribution in [0, 0.1) is 5.92 Å². The minimum atomic E-state index is 0.621. The molecule has 1 heterocycles. The van der Waals surface area contributed by atoms with Crippen LogP contribution in [0.25, 0.3) is 11.3 Å². The Hall–Kier alpha value is -1.29. The van der Waals surface area contributed by atoms with Gasteiger partial charge >= 0.3 is 0 Å². The maximum atomic E-state index is 4.38. The molecule has 1 aliphatic carbocycles. The van der Waals surface area contributed by atoms with Crippen LogP contribution >= 0.6 is 15.9 Å². The Morgan fingerprint density at radius 3 is 3.06 bits per heavy atom. The molecule has 0 radical (unpaired) electrons. The molecular weight excluding hydrogens is 290 g/mol. The average molecular weight is 306 g/mol. The third-order valence-corrected chi connectivity index (χ3v) is 3.74. The third-order valence-electron chi connectivity index (χ3n) is 3.25. The highest BCUT2D eigenvalue weighted by Crippen LogP contribution is 2.39. The third kappa shape index (κ3) is 1.94. The standard InChI is InChI=1S/C14H16BrN3/c1-8(2)7-16-14-12-6-9-5-10(15)3-4-11(9)13(12)17-18-14/h3-5,8H,6-7H2,1-2H3,(H2,16,17,18). The number of nitrogens with one attached hydrogen (secondary N) is 2. The number of aromatic nitrogens is 2. The van der Waals surface area contributed by atoms with Crippen LogP contribution in [0.15, 0.2) is 22.7 Å². The van der Waals surface area contributed by atoms with Gasteiger partial charge in [0.15, 0.2) is 5.82 Å². The van der Waals surface area contributed by atoms with Crippen molar-refractivity contribution in [2.45, 2.75) is 20.3 Å². The van der Waals surface area contributed by atoms with Crippen LogP contribution in [0.5, 0.6) is 0 Å². The molecule has 0 saturated heterocycles. The van der Waals surface area contributed by atoms with E-state index in [4.69, 9.17) is 0 Å². The van der Waals surface area contributed by atoms with Crippen molar-refractivity contribution in [3.8, 4) is 11.3 Å². The Labute approximate surface area is 115 Å². The van der Waals surface area contributed by atoms with E-state index in [1.807, 2.05) is 0 Å². The van der Waals surface area contributed by atoms with E-state index in [2.05, 4.69) is 63.5 Å². The van der Waals surface area contributed by atoms with Gasteiger partial charge in [0.25, 0.3) is 0 Å². The second-order valence-electron chi connectivity index (χ2n) is 5.18. The quantitative estimate of drug-likeness (QED) is 0.772. The molecule has 0 aliphatic heterocycles. The van der Waals surface area contributed by atoms with Crippen LogP contribution in [0.4, 0.5) is 5.82 Å². The summed E-state index contributed by atoms with van der Waals surface area (Å²) in [6, 6.07) is 6.42. The minimum Gasteiger partial charge on any atom is -0.368 e. The number of fused-ring (bicyclic) bond motifs is 3. The Balaban J connectivity index is 1.92. The molecule has 0 atom stereocenters. The molecular formula is C14H16BrN3. The van der Waals surface area contributed by atoms with Gasteiger partial charge in [-0.25, -0.2) is 0 Å². The molecule has 0 spiro atoms. The molecule has 4 heteroatoms. The van der Waals surface area contributed by atoms with Crippen molar-refractivity contribution in [1.29, 1.82) is 0 Å². The maximum absolute atomic E-state index is 4.38. The Kier molecular flexibility index (Phi) is 2.90. The summed E-state index contributed by atoms with van der Waals surface area (Å²) < 4.78 is 1.14. The highest BCUT2D eigenvalue weighted by molar-refractivity contribution is 9.10. The lowest BCUT2D eigenvalue weighted by atomic mass is 10.1. The van der Waals surface area contributed by atoms with Crippen molar-refractivity contribution in [3.05, 3.63) is 33.8 Å². The van der Waals surface area contributed by atoms with Gasteiger partial charge in [0.05, 0.1) is 5.69 Å². The summed E-state index contributed by atoms with van der Waals surface area (Å²) in [6.45, 7) is 5.36. The zero-order valence-electron chi connectivity index (χ0n) is 10.5. The number of rotatable bonds is 3. The van der Waals surface area contributed by atoms with Gasteiger partial charge in [-0.15, -0.1) is 0 Å². The summed E-state index contributed by atoms with van der Waals surface area (Å²) in [5.41, 5.74) is 5.10. The smallest absolute Gasteiger partial charge is 0.151 e. The molecule has 0 saturated carbocycles. The molecule has 1 aromatic carbocycles. The Morgan fingerprint density at radius 1 is 1.44 bits per heavy atom. The maximum Gasteiger partial charge on any atom is 0.151 e. The molecule has 0 bridgehead atoms. The largest absolute Gasteiger partial charge is 0.368 e. The number of hydrogen-bond donors (Lipinski definition) is 2. The SMILES string of the molecule is CC(C)CNc1n[nH]c2c1Cc1cc(Br)ccc1-2. The fourth-order valence-corrected chi connectivity index (χ4v) is 2.76. The summed E-state index contributed by atoms with van der Waals surface area (Å²) in [4.78, 5) is 0. The highest BCUT2D eigenvalue weighted by Gasteiger charge is 2.24. The zero-order valence-corrected chi connectivity index (χ0v) is 12.1. The Morgan fingerprint density at radius 2 is 2.28 bits per heavy atom. The van der Waals surface area contributed by atoms with E-state index in [1.54, 1.807) is 0 Å². The number of anilines is 1. The van der Waals surface area contributed by atoms with Crippen LogP contribution < -0.4 is 5.32 Å². The average Bonchev–Trinajstić information content (AvgIpc) is 2.84. The van der Waals surface area contributed by atoms with E-state index in [0.717, 1.165) is 23.3 Å². The van der Waals surface area contributed by atoms with Crippen LogP contribution in [0.1, 0.15) is 25.0 Å². The lowest BCUT2D eigenvalue weighted by Gasteiger charge is -2.07. The number of nitrogens with zero attached hydrogens (tertiary/aromatic N) is 1. The fraction of sp³-hybridized carbons (Fsp3) is 0.357. The molecule has 0 unspecified atom stereocenters. The molecule has 3 rings (SSSR count). The number of aromatic amines is 1. The predicted octanol–water partition coefficient (Wildman–Crippen LogP) is 3.81. The fourth-order valence-electron chi connectivity index (χ4n) is 2.35. The second kappa shape index (κ2) is 4.43. The van der Waals surface area contributed by atoms with E-state index >= 15 is 0 Å². The van der Waals surface area contributed by atoms with Gasteiger partial charge in [-0.2, -0.15) is 5.10 Å². The van der Waals surface area contributed by atoms with Crippen molar-refractivity contribution in [2.75, 3.05) is 11.9 Å². The lowest BCUT2D eigenvalue weighted by molar-refractivity contribution is 0.686. The molecule has 1 aromatic heterocycles. The molecule has 3 nitrogen and oxygen atoms in total. The zero-order chi connectivity index (χ0) is 12.7. The van der Waals surface area contributed by atoms with Crippen LogP contribution in [-0.2, 0) is 6.42 Å². The lowest BCUT2D eigenvalue weighted by Crippen LogP contribution is -2.09. The number of hydrogen-bond acceptors (Lipinski definition) is 2. The van der Waals surface area contributed by atoms with E-state index in [1.165, 1.54) is 22.4 Å². The van der Waals surface area contributed by atoms with Gasteiger partial charge in [-0.1, -0.05) is 35.8 Å². The first kappa shape index (κ1) is 11.8. The van der Waals surface area contributed by atoms with Crippen LogP contribution in [0.3, 0.4) is 0 Å². The second-order valence-corrected chi connectivity index (χ2v) is 6.09. The molecule has 1 aliphatic rings. The normalized spacial score (nSPS) is 12.7. The van der Waals surface area contributed by atoms with Gasteiger partial charge in [0.1, 0.15) is 0 Å². The van der Waals surface area contributed by atoms with Crippen molar-refractivity contribution < 1.29 is 0 Å². The van der Waals surface area contributed by atoms with Gasteiger partial charge in [-0.3, -0.25) is 5.10 Å². The molecule has 94 valence electrons. The van der Waals surface area contributed by atoms with Gasteiger partial charge < -0.3 is 5.32 Å². The molecule has 18 heavy (non-hydrogen) atoms. The molecule has 2 N–H and O–H groups in total. The van der Waals surface area contributed by atoms with Crippen LogP contribution in [-0.4, -0.2) is 16.7 Å². The summed E-state index contributed by atoms with van der Waals surface area (Å²) in [5.74, 6) is 1.63. The van der Waals surface area contributed by atoms with Crippen molar-refractivity contribution in [2.24, 2.45) is 5.92 Å². The van der Waals surface area contributed by atoms with E-state index in [9.17, 15) is 0 Å². The van der Waals surface area contributed by atoms with Crippen molar-refractivity contribution in [3.63, 3.8) is 0 Å². The minimum absolute atomic E-state index is 0.621. The molecule has 0 fully saturated rings. The molecule has 0 amide bonds. The summed E-state index contributed by atoms with van der Waals surface area (Å²) >= 11 is 3.52. The monoisotopic (exact) mass is 305 g/mol. The van der Waals surface area contributed by atoms with Gasteiger partial charge in [0, 0.05) is 28.6 Å². The van der Waals surface area contributed by atoms with Gasteiger partial charge in [-0.05, 0) is 23.6 Å². The summed E-state index contributed by atoms with van der Waals surface area (Å²) in [5, 5.41) is 11.0. The first-order valence-corrected chi connectivity index (χ1v) is 7.04. The number of H-pyrrole nitrogens is 1.